The smallest absolute Gasteiger partial charge is 0.337 e. The second-order valence-corrected chi connectivity index (χ2v) is 3.08. The molecule has 1 aliphatic carbocycles. The Balaban J connectivity index is 2.89. The first-order chi connectivity index (χ1) is 6.15. The third kappa shape index (κ3) is 2.32. The van der Waals surface area contributed by atoms with Gasteiger partial charge in [-0.05, 0) is 12.5 Å². The molecule has 0 bridgehead atoms. The predicted octanol–water partition coefficient (Wildman–Crippen LogP) is 0.638. The molecule has 0 radical (unpaired) electrons. The molecule has 0 spiro atoms. The summed E-state index contributed by atoms with van der Waals surface area (Å²) in [5, 5.41) is 10.7. The number of hydrogen-bond acceptors (Lipinski definition) is 2. The van der Waals surface area contributed by atoms with E-state index >= 15 is 0 Å². The molecule has 0 saturated heterocycles. The number of aliphatic carboxylic acids is 1. The van der Waals surface area contributed by atoms with Crippen molar-refractivity contribution in [3.63, 3.8) is 0 Å². The van der Waals surface area contributed by atoms with Gasteiger partial charge >= 0.3 is 5.97 Å². The molecule has 1 aliphatic rings. The molecule has 1 amide bonds. The summed E-state index contributed by atoms with van der Waals surface area (Å²) in [4.78, 5) is 20.8. The fourth-order valence-corrected chi connectivity index (χ4v) is 1.29. The van der Waals surface area contributed by atoms with E-state index in [2.05, 4.69) is 5.32 Å². The molecule has 2 N–H and O–H groups in total. The Kier molecular flexibility index (Phi) is 3.08. The normalized spacial score (nSPS) is 21.5. The predicted molar refractivity (Wildman–Crippen MR) is 47.3 cm³/mol. The molecule has 0 heterocycles. The second-order valence-electron chi connectivity index (χ2n) is 2.52. The first-order valence-electron chi connectivity index (χ1n) is 3.65. The van der Waals surface area contributed by atoms with Crippen molar-refractivity contribution in [1.29, 1.82) is 0 Å². The van der Waals surface area contributed by atoms with E-state index in [4.69, 9.17) is 16.7 Å². The van der Waals surface area contributed by atoms with Gasteiger partial charge in [-0.2, -0.15) is 0 Å². The number of nitrogens with one attached hydrogen (secondary N) is 1. The van der Waals surface area contributed by atoms with Crippen LogP contribution in [0.15, 0.2) is 23.4 Å². The van der Waals surface area contributed by atoms with Gasteiger partial charge in [-0.25, -0.2) is 4.79 Å². The minimum Gasteiger partial charge on any atom is -0.478 e. The Morgan fingerprint density at radius 2 is 2.46 bits per heavy atom. The average Bonchev–Trinajstić information content (AvgIpc) is 2.04. The SMILES string of the molecule is O=CNC1=CC(Cl)CC=C1C(=O)O. The number of carbonyl (C=O) groups is 2. The Bertz CT molecular complexity index is 296. The van der Waals surface area contributed by atoms with Gasteiger partial charge < -0.3 is 10.4 Å². The summed E-state index contributed by atoms with van der Waals surface area (Å²) in [7, 11) is 0. The van der Waals surface area contributed by atoms with Gasteiger partial charge in [0, 0.05) is 0 Å². The standard InChI is InChI=1S/C8H8ClNO3/c9-5-1-2-6(8(12)13)7(3-5)10-4-11/h2-5H,1H2,(H,10,11)(H,12,13). The number of hydrogen-bond donors (Lipinski definition) is 2. The Hall–Kier alpha value is -1.29. The van der Waals surface area contributed by atoms with Gasteiger partial charge in [0.15, 0.2) is 0 Å². The Labute approximate surface area is 79.9 Å². The zero-order valence-electron chi connectivity index (χ0n) is 6.66. The van der Waals surface area contributed by atoms with Gasteiger partial charge in [0.05, 0.1) is 16.6 Å². The quantitative estimate of drug-likeness (QED) is 0.520. The van der Waals surface area contributed by atoms with Gasteiger partial charge in [-0.1, -0.05) is 6.08 Å². The Morgan fingerprint density at radius 1 is 1.77 bits per heavy atom. The highest BCUT2D eigenvalue weighted by molar-refractivity contribution is 6.22. The van der Waals surface area contributed by atoms with Crippen LogP contribution in [0.25, 0.3) is 0 Å². The number of carboxylic acid groups (broad SMARTS) is 1. The van der Waals surface area contributed by atoms with Crippen LogP contribution in [-0.4, -0.2) is 22.9 Å². The molecule has 4 nitrogen and oxygen atoms in total. The lowest BCUT2D eigenvalue weighted by atomic mass is 10.0. The molecule has 0 aromatic carbocycles. The number of alkyl halides is 1. The van der Waals surface area contributed by atoms with Crippen LogP contribution in [0.3, 0.4) is 0 Å². The van der Waals surface area contributed by atoms with Gasteiger partial charge in [0.2, 0.25) is 6.41 Å². The topological polar surface area (TPSA) is 66.4 Å². The maximum atomic E-state index is 10.6. The third-order valence-electron chi connectivity index (χ3n) is 1.63. The summed E-state index contributed by atoms with van der Waals surface area (Å²) in [6, 6.07) is 0. The molecule has 1 atom stereocenters. The zero-order chi connectivity index (χ0) is 9.84. The van der Waals surface area contributed by atoms with Crippen LogP contribution in [-0.2, 0) is 9.59 Å². The highest BCUT2D eigenvalue weighted by Gasteiger charge is 2.18. The maximum Gasteiger partial charge on any atom is 0.337 e. The van der Waals surface area contributed by atoms with Gasteiger partial charge in [0.25, 0.3) is 0 Å². The number of rotatable bonds is 3. The minimum absolute atomic E-state index is 0.0870. The van der Waals surface area contributed by atoms with E-state index in [-0.39, 0.29) is 16.6 Å². The lowest BCUT2D eigenvalue weighted by molar-refractivity contribution is -0.132. The average molecular weight is 202 g/mol. The largest absolute Gasteiger partial charge is 0.478 e. The van der Waals surface area contributed by atoms with E-state index in [1.807, 2.05) is 0 Å². The number of amides is 1. The lowest BCUT2D eigenvalue weighted by Gasteiger charge is -2.14. The van der Waals surface area contributed by atoms with Crippen LogP contribution in [0.4, 0.5) is 0 Å². The summed E-state index contributed by atoms with van der Waals surface area (Å²) in [6.45, 7) is 0. The molecule has 0 aromatic rings. The second kappa shape index (κ2) is 4.09. The van der Waals surface area contributed by atoms with Crippen molar-refractivity contribution in [2.24, 2.45) is 0 Å². The van der Waals surface area contributed by atoms with Crippen molar-refractivity contribution in [3.05, 3.63) is 23.4 Å². The summed E-state index contributed by atoms with van der Waals surface area (Å²) in [5.74, 6) is -1.07. The summed E-state index contributed by atoms with van der Waals surface area (Å²) in [6.07, 6.45) is 3.90. The molecular weight excluding hydrogens is 194 g/mol. The highest BCUT2D eigenvalue weighted by atomic mass is 35.5. The van der Waals surface area contributed by atoms with E-state index in [0.717, 1.165) is 0 Å². The molecule has 5 heteroatoms. The molecule has 0 saturated carbocycles. The van der Waals surface area contributed by atoms with Crippen LogP contribution < -0.4 is 5.32 Å². The van der Waals surface area contributed by atoms with Crippen molar-refractivity contribution in [3.8, 4) is 0 Å². The van der Waals surface area contributed by atoms with Crippen molar-refractivity contribution in [1.82, 2.24) is 5.32 Å². The third-order valence-corrected chi connectivity index (χ3v) is 1.93. The van der Waals surface area contributed by atoms with Crippen molar-refractivity contribution in [2.45, 2.75) is 11.8 Å². The van der Waals surface area contributed by atoms with Gasteiger partial charge in [-0.15, -0.1) is 11.6 Å². The van der Waals surface area contributed by atoms with E-state index in [0.29, 0.717) is 12.8 Å². The van der Waals surface area contributed by atoms with E-state index in [9.17, 15) is 9.59 Å². The van der Waals surface area contributed by atoms with E-state index in [1.54, 1.807) is 0 Å². The summed E-state index contributed by atoms with van der Waals surface area (Å²) < 4.78 is 0. The van der Waals surface area contributed by atoms with E-state index < -0.39 is 5.97 Å². The molecule has 0 aromatic heterocycles. The van der Waals surface area contributed by atoms with E-state index in [1.165, 1.54) is 12.2 Å². The minimum atomic E-state index is -1.07. The monoisotopic (exact) mass is 201 g/mol. The number of allylic oxidation sites excluding steroid dienone is 2. The first kappa shape index (κ1) is 9.80. The molecule has 0 aliphatic heterocycles. The molecule has 0 fully saturated rings. The zero-order valence-corrected chi connectivity index (χ0v) is 7.41. The van der Waals surface area contributed by atoms with Crippen LogP contribution in [0.1, 0.15) is 6.42 Å². The van der Waals surface area contributed by atoms with Crippen molar-refractivity contribution < 1.29 is 14.7 Å². The number of halogens is 1. The van der Waals surface area contributed by atoms with Crippen LogP contribution in [0.5, 0.6) is 0 Å². The molecule has 70 valence electrons. The molecular formula is C8H8ClNO3. The highest BCUT2D eigenvalue weighted by Crippen LogP contribution is 2.20. The van der Waals surface area contributed by atoms with Crippen molar-refractivity contribution >= 4 is 24.0 Å². The van der Waals surface area contributed by atoms with Gasteiger partial charge in [-0.3, -0.25) is 4.79 Å². The van der Waals surface area contributed by atoms with Crippen LogP contribution in [0, 0.1) is 0 Å². The van der Waals surface area contributed by atoms with Crippen molar-refractivity contribution in [2.75, 3.05) is 0 Å². The van der Waals surface area contributed by atoms with Crippen LogP contribution >= 0.6 is 11.6 Å². The maximum absolute atomic E-state index is 10.6. The first-order valence-corrected chi connectivity index (χ1v) is 4.08. The van der Waals surface area contributed by atoms with Crippen LogP contribution in [0.2, 0.25) is 0 Å². The summed E-state index contributed by atoms with van der Waals surface area (Å²) >= 11 is 5.75. The molecule has 13 heavy (non-hydrogen) atoms. The number of carbonyl (C=O) groups excluding carboxylic acids is 1. The fraction of sp³-hybridized carbons (Fsp3) is 0.250. The van der Waals surface area contributed by atoms with Gasteiger partial charge in [0.1, 0.15) is 0 Å². The molecule has 1 rings (SSSR count). The Morgan fingerprint density at radius 3 is 3.00 bits per heavy atom. The number of carboxylic acids is 1. The molecule has 1 unspecified atom stereocenters. The fourth-order valence-electron chi connectivity index (χ4n) is 1.07. The summed E-state index contributed by atoms with van der Waals surface area (Å²) in [5.41, 5.74) is 0.345. The lowest BCUT2D eigenvalue weighted by Crippen LogP contribution is -2.21.